The van der Waals surface area contributed by atoms with Gasteiger partial charge in [0, 0.05) is 23.9 Å². The van der Waals surface area contributed by atoms with Crippen LogP contribution in [0, 0.1) is 0 Å². The topological polar surface area (TPSA) is 95.0 Å². The molecule has 0 saturated heterocycles. The molecule has 47 heavy (non-hydrogen) atoms. The smallest absolute Gasteiger partial charge is 0.367 e. The van der Waals surface area contributed by atoms with Crippen molar-refractivity contribution < 1.29 is 28.6 Å². The molecule has 0 aliphatic carbocycles. The van der Waals surface area contributed by atoms with Gasteiger partial charge in [0.15, 0.2) is 6.61 Å². The predicted molar refractivity (Wildman–Crippen MR) is 188 cm³/mol. The van der Waals surface area contributed by atoms with E-state index in [0.717, 1.165) is 33.7 Å². The largest absolute Gasteiger partial charge is 0.482 e. The van der Waals surface area contributed by atoms with Crippen LogP contribution in [0.1, 0.15) is 67.9 Å². The summed E-state index contributed by atoms with van der Waals surface area (Å²) in [5, 5.41) is 0.253. The fraction of sp³-hybridized carbons (Fsp3) is 0.316. The Balaban J connectivity index is 1.50. The van der Waals surface area contributed by atoms with E-state index in [1.54, 1.807) is 43.0 Å². The van der Waals surface area contributed by atoms with E-state index in [9.17, 15) is 14.4 Å². The quantitative estimate of drug-likeness (QED) is 0.0680. The number of benzene rings is 3. The van der Waals surface area contributed by atoms with Crippen molar-refractivity contribution in [3.05, 3.63) is 95.0 Å². The molecule has 0 unspecified atom stereocenters. The van der Waals surface area contributed by atoms with Crippen molar-refractivity contribution in [2.24, 2.45) is 0 Å². The Morgan fingerprint density at radius 3 is 2.13 bits per heavy atom. The lowest BCUT2D eigenvalue weighted by Gasteiger charge is -2.19. The van der Waals surface area contributed by atoms with E-state index in [4.69, 9.17) is 14.2 Å². The molecule has 0 N–H and O–H groups in total. The van der Waals surface area contributed by atoms with Gasteiger partial charge in [-0.3, -0.25) is 4.79 Å². The standard InChI is InChI=1S/C38H42N2O6S/c1-5-9-10-11-27-14-21-31(22-15-27)40(6-2)33(41)25-16-28-12-17-30(18-13-28)36-35(39-37(47-36)38(43)45-8-4)29-19-23-32(24-20-29)46-26-34(42)44-7-3/h12-25H,5-11,26H2,1-4H3. The number of nitrogens with zero attached hydrogens (tertiary/aromatic N) is 2. The van der Waals surface area contributed by atoms with Gasteiger partial charge in [-0.1, -0.05) is 56.2 Å². The highest BCUT2D eigenvalue weighted by atomic mass is 32.1. The Kier molecular flexibility index (Phi) is 13.3. The van der Waals surface area contributed by atoms with Crippen molar-refractivity contribution in [1.82, 2.24) is 4.98 Å². The van der Waals surface area contributed by atoms with Gasteiger partial charge in [-0.2, -0.15) is 0 Å². The molecule has 4 rings (SSSR count). The Bertz CT molecular complexity index is 1640. The van der Waals surface area contributed by atoms with E-state index in [1.807, 2.05) is 55.5 Å². The molecule has 9 heteroatoms. The zero-order valence-electron chi connectivity index (χ0n) is 27.5. The summed E-state index contributed by atoms with van der Waals surface area (Å²) < 4.78 is 15.7. The molecular formula is C38H42N2O6S. The van der Waals surface area contributed by atoms with Crippen LogP contribution in [0.4, 0.5) is 5.69 Å². The second kappa shape index (κ2) is 17.8. The first-order valence-electron chi connectivity index (χ1n) is 16.1. The van der Waals surface area contributed by atoms with Gasteiger partial charge in [-0.15, -0.1) is 11.3 Å². The van der Waals surface area contributed by atoms with Gasteiger partial charge in [0.1, 0.15) is 5.75 Å². The van der Waals surface area contributed by atoms with Gasteiger partial charge in [0.2, 0.25) is 5.01 Å². The molecule has 8 nitrogen and oxygen atoms in total. The summed E-state index contributed by atoms with van der Waals surface area (Å²) in [6.07, 6.45) is 8.04. The maximum atomic E-state index is 13.1. The number of aryl methyl sites for hydroxylation is 1. The molecule has 3 aromatic carbocycles. The number of unbranched alkanes of at least 4 members (excludes halogenated alkanes) is 2. The number of ether oxygens (including phenoxy) is 3. The molecule has 0 aliphatic heterocycles. The van der Waals surface area contributed by atoms with Gasteiger partial charge >= 0.3 is 11.9 Å². The van der Waals surface area contributed by atoms with E-state index in [0.29, 0.717) is 18.0 Å². The van der Waals surface area contributed by atoms with Crippen molar-refractivity contribution in [3.63, 3.8) is 0 Å². The molecule has 1 amide bonds. The number of likely N-dealkylation sites (N-methyl/N-ethyl adjacent to an activating group) is 1. The van der Waals surface area contributed by atoms with Crippen LogP contribution in [0.3, 0.4) is 0 Å². The first kappa shape index (κ1) is 35.1. The van der Waals surface area contributed by atoms with Gasteiger partial charge in [-0.25, -0.2) is 14.6 Å². The number of amides is 1. The van der Waals surface area contributed by atoms with Crippen molar-refractivity contribution >= 4 is 40.9 Å². The summed E-state index contributed by atoms with van der Waals surface area (Å²) in [4.78, 5) is 44.6. The zero-order chi connectivity index (χ0) is 33.6. The number of rotatable bonds is 16. The van der Waals surface area contributed by atoms with Crippen LogP contribution in [-0.4, -0.2) is 49.2 Å². The molecule has 0 radical (unpaired) electrons. The molecule has 1 heterocycles. The Morgan fingerprint density at radius 1 is 0.809 bits per heavy atom. The monoisotopic (exact) mass is 654 g/mol. The Morgan fingerprint density at radius 2 is 1.49 bits per heavy atom. The summed E-state index contributed by atoms with van der Waals surface area (Å²) in [7, 11) is 0. The number of hydrogen-bond donors (Lipinski definition) is 0. The number of anilines is 1. The number of carbonyl (C=O) groups excluding carboxylic acids is 3. The molecule has 0 fully saturated rings. The van der Waals surface area contributed by atoms with Crippen molar-refractivity contribution in [1.29, 1.82) is 0 Å². The van der Waals surface area contributed by atoms with Gasteiger partial charge in [-0.05, 0) is 92.8 Å². The van der Waals surface area contributed by atoms with Crippen molar-refractivity contribution in [2.45, 2.75) is 53.4 Å². The third-order valence-electron chi connectivity index (χ3n) is 7.36. The summed E-state index contributed by atoms with van der Waals surface area (Å²) in [6, 6.07) is 23.2. The molecule has 4 aromatic rings. The summed E-state index contributed by atoms with van der Waals surface area (Å²) >= 11 is 1.26. The molecule has 1 aromatic heterocycles. The zero-order valence-corrected chi connectivity index (χ0v) is 28.3. The van der Waals surface area contributed by atoms with Crippen LogP contribution in [0.2, 0.25) is 0 Å². The first-order chi connectivity index (χ1) is 22.9. The summed E-state index contributed by atoms with van der Waals surface area (Å²) in [5.41, 5.74) is 5.31. The summed E-state index contributed by atoms with van der Waals surface area (Å²) in [6.45, 7) is 8.58. The number of carbonyl (C=O) groups is 3. The number of esters is 2. The highest BCUT2D eigenvalue weighted by Gasteiger charge is 2.20. The van der Waals surface area contributed by atoms with E-state index >= 15 is 0 Å². The second-order valence-electron chi connectivity index (χ2n) is 10.7. The van der Waals surface area contributed by atoms with Crippen LogP contribution >= 0.6 is 11.3 Å². The van der Waals surface area contributed by atoms with Crippen LogP contribution in [0.5, 0.6) is 5.75 Å². The van der Waals surface area contributed by atoms with Crippen LogP contribution in [0.15, 0.2) is 78.9 Å². The maximum absolute atomic E-state index is 13.1. The van der Waals surface area contributed by atoms with Crippen molar-refractivity contribution in [3.8, 4) is 27.4 Å². The lowest BCUT2D eigenvalue weighted by atomic mass is 10.0. The molecular weight excluding hydrogens is 612 g/mol. The highest BCUT2D eigenvalue weighted by Crippen LogP contribution is 2.38. The van der Waals surface area contributed by atoms with E-state index < -0.39 is 11.9 Å². The van der Waals surface area contributed by atoms with Gasteiger partial charge in [0.05, 0.1) is 23.8 Å². The lowest BCUT2D eigenvalue weighted by Crippen LogP contribution is -2.28. The van der Waals surface area contributed by atoms with Crippen LogP contribution in [-0.2, 0) is 25.5 Å². The Labute approximate surface area is 281 Å². The first-order valence-corrected chi connectivity index (χ1v) is 16.9. The second-order valence-corrected chi connectivity index (χ2v) is 11.7. The highest BCUT2D eigenvalue weighted by molar-refractivity contribution is 7.17. The molecule has 246 valence electrons. The predicted octanol–water partition coefficient (Wildman–Crippen LogP) is 8.39. The Hall–Kier alpha value is -4.76. The molecule has 0 saturated carbocycles. The fourth-order valence-electron chi connectivity index (χ4n) is 4.94. The van der Waals surface area contributed by atoms with Crippen LogP contribution in [0.25, 0.3) is 27.8 Å². The molecule has 0 spiro atoms. The van der Waals surface area contributed by atoms with Crippen LogP contribution < -0.4 is 9.64 Å². The third-order valence-corrected chi connectivity index (χ3v) is 8.44. The van der Waals surface area contributed by atoms with Gasteiger partial charge in [0.25, 0.3) is 5.91 Å². The van der Waals surface area contributed by atoms with E-state index in [1.165, 1.54) is 36.2 Å². The lowest BCUT2D eigenvalue weighted by molar-refractivity contribution is -0.145. The minimum Gasteiger partial charge on any atom is -0.482 e. The fourth-order valence-corrected chi connectivity index (χ4v) is 5.92. The average molecular weight is 655 g/mol. The third kappa shape index (κ3) is 9.86. The van der Waals surface area contributed by atoms with Crippen molar-refractivity contribution in [2.75, 3.05) is 31.3 Å². The minimum atomic E-state index is -0.482. The number of aromatic nitrogens is 1. The summed E-state index contributed by atoms with van der Waals surface area (Å²) in [5.74, 6) is -0.501. The average Bonchev–Trinajstić information content (AvgIpc) is 3.54. The van der Waals surface area contributed by atoms with E-state index in [-0.39, 0.29) is 30.7 Å². The number of hydrogen-bond acceptors (Lipinski definition) is 8. The number of thiazole rings is 1. The molecule has 0 bridgehead atoms. The molecule has 0 atom stereocenters. The molecule has 0 aliphatic rings. The van der Waals surface area contributed by atoms with E-state index in [2.05, 4.69) is 24.0 Å². The maximum Gasteiger partial charge on any atom is 0.367 e. The SMILES string of the molecule is CCCCCc1ccc(N(CC)C(=O)C=Cc2ccc(-c3sc(C(=O)OCC)nc3-c3ccc(OCC(=O)OCC)cc3)cc2)cc1. The normalized spacial score (nSPS) is 11.0. The van der Waals surface area contributed by atoms with Gasteiger partial charge < -0.3 is 19.1 Å². The minimum absolute atomic E-state index is 0.0891.